The largest absolute Gasteiger partial charge is 0.391 e. The van der Waals surface area contributed by atoms with E-state index in [-0.39, 0.29) is 29.8 Å². The number of hydrogen-bond donors (Lipinski definition) is 2. The van der Waals surface area contributed by atoms with E-state index in [0.717, 1.165) is 15.7 Å². The number of hydrogen-bond acceptors (Lipinski definition) is 5. The molecule has 1 aromatic carbocycles. The van der Waals surface area contributed by atoms with Crippen molar-refractivity contribution in [2.45, 2.75) is 12.5 Å². The van der Waals surface area contributed by atoms with Crippen LogP contribution in [-0.2, 0) is 4.79 Å². The van der Waals surface area contributed by atoms with Gasteiger partial charge in [0.1, 0.15) is 22.9 Å². The Morgan fingerprint density at radius 1 is 1.17 bits per heavy atom. The first-order valence-corrected chi connectivity index (χ1v) is 8.67. The Balaban J connectivity index is 2.06. The van der Waals surface area contributed by atoms with Crippen molar-refractivity contribution < 1.29 is 27.9 Å². The Labute approximate surface area is 166 Å². The highest BCUT2D eigenvalue weighted by atomic mass is 19.1. The maximum atomic E-state index is 14.5. The molecule has 2 aromatic heterocycles. The third-order valence-corrected chi connectivity index (χ3v) is 4.71. The number of nitrogens with two attached hydrogens (primary N) is 1. The van der Waals surface area contributed by atoms with Crippen LogP contribution in [0, 0.1) is 17.5 Å². The van der Waals surface area contributed by atoms with Gasteiger partial charge in [0, 0.05) is 18.3 Å². The molecule has 3 N–H and O–H groups in total. The monoisotopic (exact) mass is 418 g/mol. The van der Waals surface area contributed by atoms with E-state index in [4.69, 9.17) is 5.73 Å². The van der Waals surface area contributed by atoms with E-state index in [9.17, 15) is 32.7 Å². The quantitative estimate of drug-likeness (QED) is 0.658. The number of halogens is 3. The predicted octanol–water partition coefficient (Wildman–Crippen LogP) is 1.000. The number of rotatable bonds is 3. The molecular formula is C19H13F3N4O4. The first-order valence-electron chi connectivity index (χ1n) is 8.67. The van der Waals surface area contributed by atoms with Gasteiger partial charge in [0.05, 0.1) is 24.5 Å². The molecule has 11 heteroatoms. The summed E-state index contributed by atoms with van der Waals surface area (Å²) in [6.07, 6.45) is -0.237. The summed E-state index contributed by atoms with van der Waals surface area (Å²) in [4.78, 5) is 41.7. The summed E-state index contributed by atoms with van der Waals surface area (Å²) in [7, 11) is 0. The zero-order valence-electron chi connectivity index (χ0n) is 15.1. The zero-order valence-corrected chi connectivity index (χ0v) is 15.1. The van der Waals surface area contributed by atoms with Crippen LogP contribution in [0.25, 0.3) is 16.7 Å². The van der Waals surface area contributed by atoms with Gasteiger partial charge in [-0.3, -0.25) is 23.9 Å². The molecular weight excluding hydrogens is 405 g/mol. The van der Waals surface area contributed by atoms with Crippen molar-refractivity contribution in [1.82, 2.24) is 9.55 Å². The van der Waals surface area contributed by atoms with Crippen LogP contribution in [0.3, 0.4) is 0 Å². The summed E-state index contributed by atoms with van der Waals surface area (Å²) in [5.74, 6) is -5.34. The number of carbonyl (C=O) groups is 2. The molecule has 0 radical (unpaired) electrons. The van der Waals surface area contributed by atoms with Crippen molar-refractivity contribution in [1.29, 1.82) is 0 Å². The van der Waals surface area contributed by atoms with Gasteiger partial charge in [0.25, 0.3) is 5.91 Å². The summed E-state index contributed by atoms with van der Waals surface area (Å²) in [6.45, 7) is -0.0553. The van der Waals surface area contributed by atoms with Gasteiger partial charge in [0.2, 0.25) is 11.3 Å². The van der Waals surface area contributed by atoms with Crippen LogP contribution >= 0.6 is 0 Å². The highest BCUT2D eigenvalue weighted by Gasteiger charge is 2.30. The number of aliphatic hydroxyl groups excluding tert-OH is 1. The van der Waals surface area contributed by atoms with Gasteiger partial charge in [-0.15, -0.1) is 0 Å². The number of amides is 2. The summed E-state index contributed by atoms with van der Waals surface area (Å²) >= 11 is 0. The van der Waals surface area contributed by atoms with Crippen LogP contribution in [0.5, 0.6) is 0 Å². The number of fused-ring (bicyclic) bond motifs is 1. The second-order valence-electron chi connectivity index (χ2n) is 6.73. The van der Waals surface area contributed by atoms with Gasteiger partial charge in [-0.1, -0.05) is 0 Å². The van der Waals surface area contributed by atoms with Crippen molar-refractivity contribution in [3.8, 4) is 5.69 Å². The van der Waals surface area contributed by atoms with Gasteiger partial charge in [-0.2, -0.15) is 0 Å². The number of pyridine rings is 2. The SMILES string of the molecule is NC(=O)c1cn(-c2c(F)cc(F)cc2F)c2nc(N3CC(O)CC3=O)ccc2c1=O. The van der Waals surface area contributed by atoms with Crippen molar-refractivity contribution in [3.63, 3.8) is 0 Å². The Morgan fingerprint density at radius 2 is 1.83 bits per heavy atom. The second kappa shape index (κ2) is 6.95. The number of primary amides is 1. The van der Waals surface area contributed by atoms with E-state index < -0.39 is 52.0 Å². The molecule has 1 atom stereocenters. The topological polar surface area (TPSA) is 119 Å². The molecule has 8 nitrogen and oxygen atoms in total. The summed E-state index contributed by atoms with van der Waals surface area (Å²) < 4.78 is 43.0. The average Bonchev–Trinajstić information content (AvgIpc) is 3.00. The highest BCUT2D eigenvalue weighted by Crippen LogP contribution is 2.26. The van der Waals surface area contributed by atoms with Gasteiger partial charge < -0.3 is 10.8 Å². The molecule has 1 aliphatic rings. The normalized spacial score (nSPS) is 16.5. The van der Waals surface area contributed by atoms with Crippen LogP contribution in [0.2, 0.25) is 0 Å². The van der Waals surface area contributed by atoms with E-state index in [0.29, 0.717) is 12.1 Å². The molecule has 0 bridgehead atoms. The molecule has 0 saturated carbocycles. The molecule has 4 rings (SSSR count). The number of β-amino-alcohol motifs (C(OH)–C–C–N with tert-alkyl or cyclic N) is 1. The minimum atomic E-state index is -1.31. The Morgan fingerprint density at radius 3 is 2.40 bits per heavy atom. The number of aliphatic hydroxyl groups is 1. The van der Waals surface area contributed by atoms with Crippen LogP contribution in [0.15, 0.2) is 35.3 Å². The lowest BCUT2D eigenvalue weighted by Crippen LogP contribution is -2.28. The Bertz CT molecular complexity index is 1270. The highest BCUT2D eigenvalue weighted by molar-refractivity contribution is 5.98. The zero-order chi connectivity index (χ0) is 21.7. The molecule has 1 fully saturated rings. The molecule has 1 aliphatic heterocycles. The molecule has 30 heavy (non-hydrogen) atoms. The van der Waals surface area contributed by atoms with Crippen molar-refractivity contribution in [3.05, 3.63) is 63.7 Å². The molecule has 2 amide bonds. The molecule has 1 unspecified atom stereocenters. The summed E-state index contributed by atoms with van der Waals surface area (Å²) in [5.41, 5.74) is 2.74. The lowest BCUT2D eigenvalue weighted by atomic mass is 10.1. The molecule has 1 saturated heterocycles. The fourth-order valence-electron chi connectivity index (χ4n) is 3.36. The molecule has 3 heterocycles. The Hall–Kier alpha value is -3.73. The van der Waals surface area contributed by atoms with Gasteiger partial charge >= 0.3 is 0 Å². The van der Waals surface area contributed by atoms with E-state index in [1.165, 1.54) is 12.1 Å². The number of carbonyl (C=O) groups excluding carboxylic acids is 2. The maximum absolute atomic E-state index is 14.5. The molecule has 154 valence electrons. The third kappa shape index (κ3) is 3.08. The first-order chi connectivity index (χ1) is 14.2. The van der Waals surface area contributed by atoms with Crippen LogP contribution in [0.4, 0.5) is 19.0 Å². The van der Waals surface area contributed by atoms with E-state index in [1.807, 2.05) is 0 Å². The van der Waals surface area contributed by atoms with Crippen molar-refractivity contribution >= 4 is 28.7 Å². The minimum absolute atomic E-state index is 0.0203. The van der Waals surface area contributed by atoms with Crippen molar-refractivity contribution in [2.75, 3.05) is 11.4 Å². The van der Waals surface area contributed by atoms with Crippen LogP contribution < -0.4 is 16.1 Å². The molecule has 0 spiro atoms. The van der Waals surface area contributed by atoms with E-state index in [1.54, 1.807) is 0 Å². The minimum Gasteiger partial charge on any atom is -0.391 e. The number of nitrogens with zero attached hydrogens (tertiary/aromatic N) is 3. The van der Waals surface area contributed by atoms with Crippen LogP contribution in [-0.4, -0.2) is 39.1 Å². The number of aromatic nitrogens is 2. The fraction of sp³-hybridized carbons (Fsp3) is 0.158. The Kier molecular flexibility index (Phi) is 4.54. The molecule has 3 aromatic rings. The molecule has 0 aliphatic carbocycles. The van der Waals surface area contributed by atoms with Crippen molar-refractivity contribution in [2.24, 2.45) is 5.73 Å². The first kappa shape index (κ1) is 19.6. The summed E-state index contributed by atoms with van der Waals surface area (Å²) in [6, 6.07) is 3.37. The van der Waals surface area contributed by atoms with Gasteiger partial charge in [-0.25, -0.2) is 18.2 Å². The summed E-state index contributed by atoms with van der Waals surface area (Å²) in [5, 5.41) is 9.48. The van der Waals surface area contributed by atoms with E-state index >= 15 is 0 Å². The maximum Gasteiger partial charge on any atom is 0.254 e. The lowest BCUT2D eigenvalue weighted by Gasteiger charge is -2.18. The smallest absolute Gasteiger partial charge is 0.254 e. The third-order valence-electron chi connectivity index (χ3n) is 4.71. The number of anilines is 1. The van der Waals surface area contributed by atoms with E-state index in [2.05, 4.69) is 4.98 Å². The fourth-order valence-corrected chi connectivity index (χ4v) is 3.36. The lowest BCUT2D eigenvalue weighted by molar-refractivity contribution is -0.117. The van der Waals surface area contributed by atoms with Gasteiger partial charge in [-0.05, 0) is 12.1 Å². The second-order valence-corrected chi connectivity index (χ2v) is 6.73. The standard InChI is InChI=1S/C19H13F3N4O4/c20-8-3-12(21)16(13(22)4-8)26-7-11(18(23)30)17(29)10-1-2-14(24-19(10)26)25-6-9(27)5-15(25)28/h1-4,7,9,27H,5-6H2,(H2,23,30). The predicted molar refractivity (Wildman–Crippen MR) is 98.7 cm³/mol. The average molecular weight is 418 g/mol. The van der Waals surface area contributed by atoms with Crippen LogP contribution in [0.1, 0.15) is 16.8 Å². The van der Waals surface area contributed by atoms with Gasteiger partial charge in [0.15, 0.2) is 17.3 Å². The number of benzene rings is 1.